The van der Waals surface area contributed by atoms with E-state index in [-0.39, 0.29) is 0 Å². The fraction of sp³-hybridized carbons (Fsp3) is 1.00. The summed E-state index contributed by atoms with van der Waals surface area (Å²) >= 11 is 0. The summed E-state index contributed by atoms with van der Waals surface area (Å²) < 4.78 is 0. The van der Waals surface area contributed by atoms with Crippen LogP contribution >= 0.6 is 0 Å². The second-order valence-corrected chi connectivity index (χ2v) is 8.85. The molecule has 3 rings (SSSR count). The number of hydrogen-bond donors (Lipinski definition) is 1. The van der Waals surface area contributed by atoms with Crippen molar-refractivity contribution in [3.8, 4) is 0 Å². The van der Waals surface area contributed by atoms with Gasteiger partial charge in [0.2, 0.25) is 0 Å². The highest BCUT2D eigenvalue weighted by molar-refractivity contribution is 5.14. The summed E-state index contributed by atoms with van der Waals surface area (Å²) in [5.41, 5.74) is 1.43. The molecule has 2 saturated carbocycles. The molecule has 3 fully saturated rings. The van der Waals surface area contributed by atoms with E-state index < -0.39 is 0 Å². The maximum Gasteiger partial charge on any atom is 0.0309 e. The van der Waals surface area contributed by atoms with Gasteiger partial charge in [-0.1, -0.05) is 27.7 Å². The smallest absolute Gasteiger partial charge is 0.0309 e. The monoisotopic (exact) mass is 264 g/mol. The molecule has 1 saturated heterocycles. The summed E-state index contributed by atoms with van der Waals surface area (Å²) in [6, 6.07) is 0.694. The first-order chi connectivity index (χ1) is 8.68. The maximum absolute atomic E-state index is 3.83. The summed E-state index contributed by atoms with van der Waals surface area (Å²) in [5.74, 6) is 1.80. The van der Waals surface area contributed by atoms with E-state index in [0.717, 1.165) is 11.8 Å². The van der Waals surface area contributed by atoms with E-state index in [0.29, 0.717) is 22.4 Å². The van der Waals surface area contributed by atoms with Crippen LogP contribution < -0.4 is 5.32 Å². The molecule has 110 valence electrons. The molecule has 0 aromatic heterocycles. The molecule has 1 heterocycles. The van der Waals surface area contributed by atoms with Crippen LogP contribution in [0.4, 0.5) is 0 Å². The van der Waals surface area contributed by atoms with Crippen LogP contribution in [-0.2, 0) is 0 Å². The lowest BCUT2D eigenvalue weighted by molar-refractivity contribution is 0.0744. The first-order valence-corrected chi connectivity index (χ1v) is 8.17. The molecule has 3 aliphatic rings. The Morgan fingerprint density at radius 2 is 1.63 bits per heavy atom. The Kier molecular flexibility index (Phi) is 2.91. The van der Waals surface area contributed by atoms with Crippen LogP contribution in [0, 0.1) is 22.7 Å². The van der Waals surface area contributed by atoms with Crippen molar-refractivity contribution in [3.63, 3.8) is 0 Å². The van der Waals surface area contributed by atoms with Crippen LogP contribution in [0.25, 0.3) is 0 Å². The zero-order chi connectivity index (χ0) is 14.1. The van der Waals surface area contributed by atoms with Gasteiger partial charge < -0.3 is 5.32 Å². The number of hydrogen-bond acceptors (Lipinski definition) is 2. The van der Waals surface area contributed by atoms with Crippen molar-refractivity contribution in [2.75, 3.05) is 19.6 Å². The van der Waals surface area contributed by atoms with E-state index >= 15 is 0 Å². The van der Waals surface area contributed by atoms with Crippen LogP contribution in [0.5, 0.6) is 0 Å². The van der Waals surface area contributed by atoms with Gasteiger partial charge in [0.1, 0.15) is 0 Å². The minimum atomic E-state index is 0.385. The molecule has 2 unspecified atom stereocenters. The third-order valence-corrected chi connectivity index (χ3v) is 7.17. The minimum absolute atomic E-state index is 0.385. The summed E-state index contributed by atoms with van der Waals surface area (Å²) in [4.78, 5) is 2.77. The zero-order valence-electron chi connectivity index (χ0n) is 13.7. The molecule has 0 aromatic rings. The fourth-order valence-corrected chi connectivity index (χ4v) is 4.41. The minimum Gasteiger partial charge on any atom is -0.308 e. The Bertz CT molecular complexity index is 355. The van der Waals surface area contributed by atoms with Gasteiger partial charge in [-0.3, -0.25) is 4.90 Å². The highest BCUT2D eigenvalue weighted by atomic mass is 15.3. The second kappa shape index (κ2) is 3.98. The molecular formula is C17H32N2. The van der Waals surface area contributed by atoms with Crippen molar-refractivity contribution >= 4 is 0 Å². The number of nitrogens with one attached hydrogen (secondary N) is 1. The van der Waals surface area contributed by atoms with E-state index in [9.17, 15) is 0 Å². The predicted octanol–water partition coefficient (Wildman–Crippen LogP) is 3.13. The van der Waals surface area contributed by atoms with Crippen LogP contribution in [0.15, 0.2) is 0 Å². The average Bonchev–Trinajstić information content (AvgIpc) is 3.19. The Balaban J connectivity index is 1.67. The van der Waals surface area contributed by atoms with Crippen LogP contribution in [0.1, 0.15) is 54.4 Å². The molecule has 0 aromatic carbocycles. The number of rotatable bonds is 3. The number of piperazine rings is 1. The largest absolute Gasteiger partial charge is 0.308 e. The standard InChI is InChI=1S/C17H32N2/c1-12-9-18-17(6,13-7-8-13)11-19(12)10-14-15(2,3)16(14,4)5/h12-14,18H,7-11H2,1-6H3. The topological polar surface area (TPSA) is 15.3 Å². The zero-order valence-corrected chi connectivity index (χ0v) is 13.7. The highest BCUT2D eigenvalue weighted by Crippen LogP contribution is 2.68. The molecule has 0 spiro atoms. The fourth-order valence-electron chi connectivity index (χ4n) is 4.41. The van der Waals surface area contributed by atoms with Gasteiger partial charge in [0.15, 0.2) is 0 Å². The Labute approximate surface area is 119 Å². The van der Waals surface area contributed by atoms with Gasteiger partial charge in [-0.05, 0) is 49.4 Å². The maximum atomic E-state index is 3.83. The average molecular weight is 264 g/mol. The molecule has 0 amide bonds. The molecular weight excluding hydrogens is 232 g/mol. The molecule has 1 N–H and O–H groups in total. The van der Waals surface area contributed by atoms with Gasteiger partial charge in [-0.25, -0.2) is 0 Å². The molecule has 0 radical (unpaired) electrons. The third kappa shape index (κ3) is 2.06. The van der Waals surface area contributed by atoms with E-state index in [1.165, 1.54) is 32.5 Å². The Morgan fingerprint density at radius 3 is 2.11 bits per heavy atom. The van der Waals surface area contributed by atoms with Crippen LogP contribution in [-0.4, -0.2) is 36.1 Å². The predicted molar refractivity (Wildman–Crippen MR) is 81.2 cm³/mol. The van der Waals surface area contributed by atoms with Crippen molar-refractivity contribution in [2.24, 2.45) is 22.7 Å². The van der Waals surface area contributed by atoms with Crippen molar-refractivity contribution in [3.05, 3.63) is 0 Å². The lowest BCUT2D eigenvalue weighted by Gasteiger charge is -2.46. The summed E-state index contributed by atoms with van der Waals surface area (Å²) in [5, 5.41) is 3.83. The van der Waals surface area contributed by atoms with Crippen LogP contribution in [0.2, 0.25) is 0 Å². The van der Waals surface area contributed by atoms with E-state index in [1.54, 1.807) is 0 Å². The van der Waals surface area contributed by atoms with Gasteiger partial charge in [0, 0.05) is 31.2 Å². The van der Waals surface area contributed by atoms with Crippen molar-refractivity contribution in [1.82, 2.24) is 10.2 Å². The molecule has 0 bridgehead atoms. The molecule has 1 aliphatic heterocycles. The summed E-state index contributed by atoms with van der Waals surface area (Å²) in [7, 11) is 0. The molecule has 2 atom stereocenters. The van der Waals surface area contributed by atoms with E-state index in [1.807, 2.05) is 0 Å². The quantitative estimate of drug-likeness (QED) is 0.842. The lowest BCUT2D eigenvalue weighted by atomic mass is 9.91. The van der Waals surface area contributed by atoms with Gasteiger partial charge >= 0.3 is 0 Å². The van der Waals surface area contributed by atoms with Crippen molar-refractivity contribution < 1.29 is 0 Å². The summed E-state index contributed by atoms with van der Waals surface area (Å²) in [6.45, 7) is 18.4. The molecule has 2 aliphatic carbocycles. The summed E-state index contributed by atoms with van der Waals surface area (Å²) in [6.07, 6.45) is 2.87. The normalized spacial score (nSPS) is 42.3. The Morgan fingerprint density at radius 1 is 1.05 bits per heavy atom. The first kappa shape index (κ1) is 13.9. The molecule has 2 heteroatoms. The SMILES string of the molecule is CC1CNC(C)(C2CC2)CN1CC1C(C)(C)C1(C)C. The molecule has 2 nitrogen and oxygen atoms in total. The highest BCUT2D eigenvalue weighted by Gasteiger charge is 2.64. The van der Waals surface area contributed by atoms with Crippen LogP contribution in [0.3, 0.4) is 0 Å². The lowest BCUT2D eigenvalue weighted by Crippen LogP contribution is -2.63. The molecule has 19 heavy (non-hydrogen) atoms. The van der Waals surface area contributed by atoms with E-state index in [2.05, 4.69) is 51.8 Å². The third-order valence-electron chi connectivity index (χ3n) is 7.17. The first-order valence-electron chi connectivity index (χ1n) is 8.17. The van der Waals surface area contributed by atoms with Gasteiger partial charge in [-0.2, -0.15) is 0 Å². The Hall–Kier alpha value is -0.0800. The van der Waals surface area contributed by atoms with Gasteiger partial charge in [0.05, 0.1) is 0 Å². The van der Waals surface area contributed by atoms with Crippen molar-refractivity contribution in [2.45, 2.75) is 66.0 Å². The van der Waals surface area contributed by atoms with Gasteiger partial charge in [-0.15, -0.1) is 0 Å². The number of nitrogens with zero attached hydrogens (tertiary/aromatic N) is 1. The van der Waals surface area contributed by atoms with Gasteiger partial charge in [0.25, 0.3) is 0 Å². The second-order valence-electron chi connectivity index (χ2n) is 8.85. The van der Waals surface area contributed by atoms with E-state index in [4.69, 9.17) is 0 Å². The van der Waals surface area contributed by atoms with Crippen molar-refractivity contribution in [1.29, 1.82) is 0 Å².